The van der Waals surface area contributed by atoms with E-state index in [1.54, 1.807) is 0 Å². The summed E-state index contributed by atoms with van der Waals surface area (Å²) in [7, 11) is 0. The zero-order valence-corrected chi connectivity index (χ0v) is 12.1. The van der Waals surface area contributed by atoms with Crippen molar-refractivity contribution >= 4 is 17.9 Å². The van der Waals surface area contributed by atoms with Gasteiger partial charge in [-0.15, -0.1) is 0 Å². The molecule has 2 aliphatic rings. The van der Waals surface area contributed by atoms with E-state index in [0.717, 1.165) is 38.8 Å². The fourth-order valence-electron chi connectivity index (χ4n) is 2.59. The number of carbonyl (C=O) groups excluding carboxylic acids is 2. The Labute approximate surface area is 124 Å². The van der Waals surface area contributed by atoms with Crippen LogP contribution in [0.1, 0.15) is 38.5 Å². The van der Waals surface area contributed by atoms with Gasteiger partial charge < -0.3 is 20.6 Å². The van der Waals surface area contributed by atoms with Crippen molar-refractivity contribution in [3.63, 3.8) is 0 Å². The van der Waals surface area contributed by atoms with Crippen molar-refractivity contribution < 1.29 is 19.5 Å². The number of carbonyl (C=O) groups is 3. The molecule has 2 rings (SSSR count). The molecule has 1 saturated carbocycles. The molecule has 0 aromatic rings. The minimum Gasteiger partial charge on any atom is -0.480 e. The zero-order chi connectivity index (χ0) is 15.2. The first-order valence-corrected chi connectivity index (χ1v) is 7.63. The Hall–Kier alpha value is -1.79. The van der Waals surface area contributed by atoms with Crippen molar-refractivity contribution in [2.24, 2.45) is 5.92 Å². The van der Waals surface area contributed by atoms with E-state index < -0.39 is 18.0 Å². The quantitative estimate of drug-likeness (QED) is 0.667. The number of carboxylic acid groups (broad SMARTS) is 1. The van der Waals surface area contributed by atoms with E-state index in [-0.39, 0.29) is 24.8 Å². The number of piperidine rings is 1. The highest BCUT2D eigenvalue weighted by atomic mass is 16.4. The van der Waals surface area contributed by atoms with E-state index in [4.69, 9.17) is 5.11 Å². The number of urea groups is 1. The molecule has 3 amide bonds. The summed E-state index contributed by atoms with van der Waals surface area (Å²) in [5.74, 6) is -0.910. The van der Waals surface area contributed by atoms with Crippen LogP contribution in [0.4, 0.5) is 4.79 Å². The van der Waals surface area contributed by atoms with E-state index in [9.17, 15) is 14.4 Å². The van der Waals surface area contributed by atoms with Crippen LogP contribution in [0.25, 0.3) is 0 Å². The summed E-state index contributed by atoms with van der Waals surface area (Å²) in [6, 6.07) is -1.33. The molecule has 3 N–H and O–H groups in total. The summed E-state index contributed by atoms with van der Waals surface area (Å²) in [5.41, 5.74) is 0. The predicted octanol–water partition coefficient (Wildman–Crippen LogP) is 0.551. The van der Waals surface area contributed by atoms with Gasteiger partial charge >= 0.3 is 12.0 Å². The molecule has 0 radical (unpaired) electrons. The maximum absolute atomic E-state index is 11.9. The second kappa shape index (κ2) is 7.28. The van der Waals surface area contributed by atoms with E-state index >= 15 is 0 Å². The fourth-order valence-corrected chi connectivity index (χ4v) is 2.59. The first-order chi connectivity index (χ1) is 10.1. The lowest BCUT2D eigenvalue weighted by atomic mass is 10.1. The molecule has 7 nitrogen and oxygen atoms in total. The third-order valence-corrected chi connectivity index (χ3v) is 3.98. The highest BCUT2D eigenvalue weighted by Crippen LogP contribution is 2.32. The van der Waals surface area contributed by atoms with Crippen LogP contribution in [0, 0.1) is 5.92 Å². The fraction of sp³-hybridized carbons (Fsp3) is 0.786. The lowest BCUT2D eigenvalue weighted by Crippen LogP contribution is -2.48. The van der Waals surface area contributed by atoms with E-state index in [1.807, 2.05) is 4.90 Å². The lowest BCUT2D eigenvalue weighted by molar-refractivity contribution is -0.139. The molecule has 1 unspecified atom stereocenters. The van der Waals surface area contributed by atoms with Crippen LogP contribution >= 0.6 is 0 Å². The summed E-state index contributed by atoms with van der Waals surface area (Å²) in [6.07, 6.45) is 5.19. The highest BCUT2D eigenvalue weighted by molar-refractivity contribution is 5.83. The molecule has 0 bridgehead atoms. The first-order valence-electron chi connectivity index (χ1n) is 7.63. The SMILES string of the molecule is O=C(NCCC(=O)N1CCCCC1)NC(C(=O)O)C1CC1. The monoisotopic (exact) mass is 297 g/mol. The first kappa shape index (κ1) is 15.6. The van der Waals surface area contributed by atoms with Gasteiger partial charge in [-0.05, 0) is 38.0 Å². The Bertz CT molecular complexity index is 403. The van der Waals surface area contributed by atoms with Gasteiger partial charge in [-0.3, -0.25) is 4.79 Å². The minimum atomic E-state index is -1.00. The summed E-state index contributed by atoms with van der Waals surface area (Å²) in [4.78, 5) is 36.4. The van der Waals surface area contributed by atoms with Crippen molar-refractivity contribution in [1.29, 1.82) is 0 Å². The van der Waals surface area contributed by atoms with Crippen LogP contribution in [-0.4, -0.2) is 53.6 Å². The number of carboxylic acids is 1. The molecule has 0 aromatic carbocycles. The molecule has 1 saturated heterocycles. The molecule has 1 aliphatic heterocycles. The summed E-state index contributed by atoms with van der Waals surface area (Å²) < 4.78 is 0. The molecular formula is C14H23N3O4. The Morgan fingerprint density at radius 2 is 1.81 bits per heavy atom. The molecule has 1 atom stereocenters. The Morgan fingerprint density at radius 1 is 1.14 bits per heavy atom. The van der Waals surface area contributed by atoms with Gasteiger partial charge in [0.25, 0.3) is 0 Å². The maximum atomic E-state index is 11.9. The Kier molecular flexibility index (Phi) is 5.41. The molecular weight excluding hydrogens is 274 g/mol. The number of likely N-dealkylation sites (tertiary alicyclic amines) is 1. The number of amides is 3. The highest BCUT2D eigenvalue weighted by Gasteiger charge is 2.37. The molecule has 21 heavy (non-hydrogen) atoms. The number of nitrogens with zero attached hydrogens (tertiary/aromatic N) is 1. The molecule has 2 fully saturated rings. The molecule has 1 aliphatic carbocycles. The molecule has 0 spiro atoms. The van der Waals surface area contributed by atoms with E-state index in [0.29, 0.717) is 0 Å². The van der Waals surface area contributed by atoms with Gasteiger partial charge in [0.2, 0.25) is 5.91 Å². The smallest absolute Gasteiger partial charge is 0.326 e. The third kappa shape index (κ3) is 4.91. The van der Waals surface area contributed by atoms with Crippen molar-refractivity contribution in [2.45, 2.75) is 44.6 Å². The third-order valence-electron chi connectivity index (χ3n) is 3.98. The topological polar surface area (TPSA) is 98.7 Å². The van der Waals surface area contributed by atoms with Crippen LogP contribution in [-0.2, 0) is 9.59 Å². The van der Waals surface area contributed by atoms with Gasteiger partial charge in [-0.1, -0.05) is 0 Å². The van der Waals surface area contributed by atoms with E-state index in [2.05, 4.69) is 10.6 Å². The van der Waals surface area contributed by atoms with Crippen molar-refractivity contribution in [3.05, 3.63) is 0 Å². The summed E-state index contributed by atoms with van der Waals surface area (Å²) in [6.45, 7) is 1.83. The normalized spacial score (nSPS) is 19.7. The van der Waals surface area contributed by atoms with Crippen molar-refractivity contribution in [1.82, 2.24) is 15.5 Å². The van der Waals surface area contributed by atoms with Crippen LogP contribution in [0.2, 0.25) is 0 Å². The van der Waals surface area contributed by atoms with Gasteiger partial charge in [0.05, 0.1) is 0 Å². The largest absolute Gasteiger partial charge is 0.480 e. The minimum absolute atomic E-state index is 0.0447. The Balaban J connectivity index is 1.64. The van der Waals surface area contributed by atoms with Crippen LogP contribution in [0.3, 0.4) is 0 Å². The zero-order valence-electron chi connectivity index (χ0n) is 12.1. The van der Waals surface area contributed by atoms with E-state index in [1.165, 1.54) is 6.42 Å². The van der Waals surface area contributed by atoms with Gasteiger partial charge in [0, 0.05) is 26.1 Å². The van der Waals surface area contributed by atoms with Crippen molar-refractivity contribution in [2.75, 3.05) is 19.6 Å². The van der Waals surface area contributed by atoms with Gasteiger partial charge in [-0.25, -0.2) is 9.59 Å². The second-order valence-electron chi connectivity index (χ2n) is 5.75. The number of hydrogen-bond donors (Lipinski definition) is 3. The number of rotatable bonds is 6. The Morgan fingerprint density at radius 3 is 2.38 bits per heavy atom. The van der Waals surface area contributed by atoms with Crippen LogP contribution < -0.4 is 10.6 Å². The van der Waals surface area contributed by atoms with Crippen molar-refractivity contribution in [3.8, 4) is 0 Å². The molecule has 0 aromatic heterocycles. The standard InChI is InChI=1S/C14H23N3O4/c18-11(17-8-2-1-3-9-17)6-7-15-14(21)16-12(13(19)20)10-4-5-10/h10,12H,1-9H2,(H,19,20)(H2,15,16,21). The predicted molar refractivity (Wildman–Crippen MR) is 75.7 cm³/mol. The number of nitrogens with one attached hydrogen (secondary N) is 2. The maximum Gasteiger partial charge on any atom is 0.326 e. The van der Waals surface area contributed by atoms with Gasteiger partial charge in [0.15, 0.2) is 0 Å². The molecule has 118 valence electrons. The van der Waals surface area contributed by atoms with Crippen LogP contribution in [0.5, 0.6) is 0 Å². The average Bonchev–Trinajstić information content (AvgIpc) is 3.30. The van der Waals surface area contributed by atoms with Crippen LogP contribution in [0.15, 0.2) is 0 Å². The summed E-state index contributed by atoms with van der Waals surface area (Å²) in [5, 5.41) is 14.0. The van der Waals surface area contributed by atoms with Gasteiger partial charge in [-0.2, -0.15) is 0 Å². The van der Waals surface area contributed by atoms with Gasteiger partial charge in [0.1, 0.15) is 6.04 Å². The summed E-state index contributed by atoms with van der Waals surface area (Å²) >= 11 is 0. The molecule has 1 heterocycles. The second-order valence-corrected chi connectivity index (χ2v) is 5.75. The number of aliphatic carboxylic acids is 1. The molecule has 7 heteroatoms. The lowest BCUT2D eigenvalue weighted by Gasteiger charge is -2.26. The average molecular weight is 297 g/mol. The number of hydrogen-bond acceptors (Lipinski definition) is 3.